The molecule has 0 spiro atoms. The Bertz CT molecular complexity index is 3390. The summed E-state index contributed by atoms with van der Waals surface area (Å²) in [7, 11) is 3.87. The molecule has 3 N–H and O–H groups in total. The van der Waals surface area contributed by atoms with Crippen LogP contribution in [0.5, 0.6) is 0 Å². The molecule has 42 nitrogen and oxygen atoms in total. The van der Waals surface area contributed by atoms with Crippen molar-refractivity contribution in [3.05, 3.63) is 271 Å². The molecule has 0 aliphatic heterocycles. The Hall–Kier alpha value is -13.2. The van der Waals surface area contributed by atoms with E-state index >= 15 is 0 Å². The molecule has 0 amide bonds. The summed E-state index contributed by atoms with van der Waals surface area (Å²) in [5.74, 6) is -0.902. The van der Waals surface area contributed by atoms with Crippen molar-refractivity contribution in [1.82, 2.24) is 14.8 Å². The number of carboxylic acids is 1. The Labute approximate surface area is 576 Å². The van der Waals surface area contributed by atoms with E-state index in [1.165, 1.54) is 31.2 Å². The number of aromatic carboxylic acids is 1. The van der Waals surface area contributed by atoms with E-state index in [1.807, 2.05) is 97.9 Å². The number of rotatable bonds is 28. The molecule has 0 bridgehead atoms. The molecular formula is C58H83N37O5. The normalized spacial score (nSPS) is 8.63. The van der Waals surface area contributed by atoms with Crippen molar-refractivity contribution in [1.29, 1.82) is 0 Å². The number of carbonyl (C=O) groups is 4. The molecule has 0 fully saturated rings. The van der Waals surface area contributed by atoms with Gasteiger partial charge in [0.15, 0.2) is 0 Å². The number of pyridine rings is 1. The number of aromatic nitrogens is 1. The van der Waals surface area contributed by atoms with Gasteiger partial charge in [-0.15, -0.1) is 0 Å². The predicted octanol–water partition coefficient (Wildman–Crippen LogP) is 19.3. The van der Waals surface area contributed by atoms with Crippen LogP contribution in [-0.2, 0) is 27.5 Å². The van der Waals surface area contributed by atoms with Crippen LogP contribution in [-0.4, -0.2) is 129 Å². The van der Waals surface area contributed by atoms with Crippen LogP contribution in [0.25, 0.3) is 115 Å². The first-order valence-electron chi connectivity index (χ1n) is 29.5. The number of hydrogen-bond acceptors (Lipinski definition) is 19. The number of Topliss-reactive ketones (excluding diaryl/α,β-unsaturated/α-hetero) is 3. The Kier molecular flexibility index (Phi) is 78.3. The molecule has 0 radical (unpaired) electrons. The van der Waals surface area contributed by atoms with E-state index in [9.17, 15) is 19.2 Å². The molecule has 530 valence electrons. The minimum Gasteiger partial charge on any atom is -0.478 e. The lowest BCUT2D eigenvalue weighted by atomic mass is 10.2. The zero-order valence-electron chi connectivity index (χ0n) is 56.9. The summed E-state index contributed by atoms with van der Waals surface area (Å²) in [6.07, 6.45) is 5.20. The van der Waals surface area contributed by atoms with Crippen LogP contribution in [0.15, 0.2) is 196 Å². The van der Waals surface area contributed by atoms with Crippen LogP contribution in [0.3, 0.4) is 0 Å². The predicted molar refractivity (Wildman–Crippen MR) is 384 cm³/mol. The number of carboxylic acid groups (broad SMARTS) is 1. The third-order valence-electron chi connectivity index (χ3n) is 10.4. The lowest BCUT2D eigenvalue weighted by molar-refractivity contribution is -0.119. The molecular weight excluding hydrogens is 1290 g/mol. The summed E-state index contributed by atoms with van der Waals surface area (Å²) in [5.41, 5.74) is 95.6. The summed E-state index contributed by atoms with van der Waals surface area (Å²) in [4.78, 5) is 77.8. The van der Waals surface area contributed by atoms with Crippen molar-refractivity contribution in [2.45, 2.75) is 86.4 Å². The molecule has 42 heteroatoms. The maximum Gasteiger partial charge on any atom is 0.335 e. The lowest BCUT2D eigenvalue weighted by Gasteiger charge is -2.15. The minimum absolute atomic E-state index is 0.00694. The van der Waals surface area contributed by atoms with E-state index < -0.39 is 12.0 Å². The van der Waals surface area contributed by atoms with Crippen molar-refractivity contribution < 1.29 is 24.3 Å². The second-order valence-corrected chi connectivity index (χ2v) is 17.9. The fraction of sp³-hybridized carbons (Fsp3) is 0.431. The number of ketones is 3. The van der Waals surface area contributed by atoms with E-state index in [0.717, 1.165) is 37.3 Å². The van der Waals surface area contributed by atoms with E-state index in [0.29, 0.717) is 88.6 Å². The molecule has 100 heavy (non-hydrogen) atoms. The zero-order chi connectivity index (χ0) is 76.3. The Balaban J connectivity index is -0.000000244. The first kappa shape index (κ1) is 97.9. The molecule has 0 saturated carbocycles. The SMILES string of the molecule is CC(=O)CCCN=[N+]=[N-].CCC(=O)C(C)N=[N+]=[N-].CCC(=O)CN=[N+]=[N-].CCN(CC)CCN=[N+]=[N-].CN(C)CCN=[N+]=[N-].[N-]=[N+]=NCCN.[N-]=[N+]=NCc1ccccc1.[N-]=[N+]=NCc1ccccc1.[N-]=[N+]=Nc1ccc(C(=O)O)cc1.[N-]=[N+]=Nc1ccccc1.[N-]=[N+]=Nc1ccncc1. The van der Waals surface area contributed by atoms with Gasteiger partial charge in [-0.05, 0) is 150 Å². The van der Waals surface area contributed by atoms with E-state index in [-0.39, 0.29) is 29.5 Å². The summed E-state index contributed by atoms with van der Waals surface area (Å²) < 4.78 is 0. The number of carbonyl (C=O) groups excluding carboxylic acids is 3. The summed E-state index contributed by atoms with van der Waals surface area (Å²) in [5, 5.41) is 44.9. The Morgan fingerprint density at radius 3 is 1.24 bits per heavy atom. The maximum absolute atomic E-state index is 10.6. The van der Waals surface area contributed by atoms with Crippen LogP contribution in [0.2, 0.25) is 0 Å². The van der Waals surface area contributed by atoms with E-state index in [1.54, 1.807) is 57.4 Å². The highest BCUT2D eigenvalue weighted by Crippen LogP contribution is 2.13. The van der Waals surface area contributed by atoms with Crippen LogP contribution >= 0.6 is 0 Å². The van der Waals surface area contributed by atoms with Gasteiger partial charge in [0.2, 0.25) is 0 Å². The number of nitrogens with zero attached hydrogens (tertiary/aromatic N) is 36. The largest absolute Gasteiger partial charge is 0.478 e. The number of hydrogen-bond donors (Lipinski definition) is 2. The Morgan fingerprint density at radius 2 is 0.890 bits per heavy atom. The van der Waals surface area contributed by atoms with Crippen molar-refractivity contribution in [2.24, 2.45) is 62.0 Å². The van der Waals surface area contributed by atoms with Crippen molar-refractivity contribution in [3.8, 4) is 0 Å². The maximum atomic E-state index is 10.6. The van der Waals surface area contributed by atoms with Crippen LogP contribution in [0.4, 0.5) is 17.1 Å². The molecule has 5 aromatic rings. The van der Waals surface area contributed by atoms with Crippen molar-refractivity contribution >= 4 is 40.4 Å². The van der Waals surface area contributed by atoms with Gasteiger partial charge in [0.05, 0.1) is 31.2 Å². The molecule has 0 aliphatic rings. The van der Waals surface area contributed by atoms with Gasteiger partial charge in [0, 0.05) is 142 Å². The monoisotopic (exact) mass is 1380 g/mol. The van der Waals surface area contributed by atoms with Crippen molar-refractivity contribution in [3.63, 3.8) is 0 Å². The molecule has 1 heterocycles. The number of benzene rings is 4. The first-order chi connectivity index (χ1) is 48.3. The topological polar surface area (TPSA) is 670 Å². The van der Waals surface area contributed by atoms with Gasteiger partial charge in [-0.25, -0.2) is 4.79 Å². The van der Waals surface area contributed by atoms with E-state index in [2.05, 4.69) is 134 Å². The third-order valence-corrected chi connectivity index (χ3v) is 10.4. The molecule has 1 atom stereocenters. The summed E-state index contributed by atoms with van der Waals surface area (Å²) in [6.45, 7) is 17.8. The van der Waals surface area contributed by atoms with E-state index in [4.69, 9.17) is 71.7 Å². The molecule has 0 aliphatic carbocycles. The minimum atomic E-state index is -0.998. The standard InChI is InChI=1S/C7H5N3O2.2C7H7N3.C6H14N4.C6H5N3.C5H4N4.2C5H9N3O.C4H10N4.C4H7N3O.C2H6N4/c8-10-9-6-3-1-5(2-4-6)7(11)12;2*8-10-9-6-7-4-2-1-3-5-7;1-3-10(4-2)6-5-8-9-7;7-9-8-6-4-2-1-3-5-6;6-9-8-5-1-3-7-4-2-5;1-5(9)3-2-4-7-8-6;1-3-5(9)4(2)7-8-6;1-8(2)4-3-6-7-5;1-2-4(8)3-6-7-5;3-1-2-5-6-4/h1-4H,(H,11,12);2*1-5H,6H2;3-6H2,1-2H3;1-5H;1-4H;2-4H2,1H3;4H,3H2,1-2H3;3-4H2,1-2H3;2-3H2,1H3;1-3H2. The van der Waals surface area contributed by atoms with Crippen molar-refractivity contribution in [2.75, 3.05) is 79.5 Å². The summed E-state index contributed by atoms with van der Waals surface area (Å²) >= 11 is 0. The van der Waals surface area contributed by atoms with Crippen LogP contribution in [0, 0.1) is 0 Å². The average Bonchev–Trinajstić information content (AvgIpc) is 1.03. The van der Waals surface area contributed by atoms with Gasteiger partial charge in [0.1, 0.15) is 17.3 Å². The first-order valence-corrected chi connectivity index (χ1v) is 29.5. The summed E-state index contributed by atoms with van der Waals surface area (Å²) in [6, 6.07) is 36.7. The highest BCUT2D eigenvalue weighted by Gasteiger charge is 2.06. The molecule has 1 aromatic heterocycles. The van der Waals surface area contributed by atoms with Gasteiger partial charge in [0.25, 0.3) is 0 Å². The fourth-order valence-electron chi connectivity index (χ4n) is 5.39. The second kappa shape index (κ2) is 80.0. The highest BCUT2D eigenvalue weighted by molar-refractivity contribution is 5.88. The smallest absolute Gasteiger partial charge is 0.335 e. The Morgan fingerprint density at radius 1 is 0.490 bits per heavy atom. The number of likely N-dealkylation sites (N-methyl/N-ethyl adjacent to an activating group) is 2. The average molecular weight is 1380 g/mol. The van der Waals surface area contributed by atoms with Gasteiger partial charge in [-0.3, -0.25) is 14.6 Å². The molecule has 0 saturated heterocycles. The van der Waals surface area contributed by atoms with Crippen LogP contribution < -0.4 is 5.73 Å². The zero-order valence-corrected chi connectivity index (χ0v) is 56.9. The van der Waals surface area contributed by atoms with Gasteiger partial charge < -0.3 is 25.4 Å². The number of nitrogens with two attached hydrogens (primary N) is 1. The number of azide groups is 11. The highest BCUT2D eigenvalue weighted by atomic mass is 16.4. The molecule has 1 unspecified atom stereocenters. The lowest BCUT2D eigenvalue weighted by Crippen LogP contribution is -2.25. The molecule has 4 aromatic carbocycles. The molecule has 5 rings (SSSR count). The van der Waals surface area contributed by atoms with Gasteiger partial charge in [-0.1, -0.05) is 187 Å². The van der Waals surface area contributed by atoms with Gasteiger partial charge in [-0.2, -0.15) is 0 Å². The third kappa shape index (κ3) is 77.2. The van der Waals surface area contributed by atoms with Gasteiger partial charge >= 0.3 is 5.97 Å². The quantitative estimate of drug-likeness (QED) is 0.0208. The second-order valence-electron chi connectivity index (χ2n) is 17.9. The fourth-order valence-corrected chi connectivity index (χ4v) is 5.39. The van der Waals surface area contributed by atoms with Crippen LogP contribution in [0.1, 0.15) is 88.7 Å².